The number of rotatable bonds is 6. The lowest BCUT2D eigenvalue weighted by molar-refractivity contribution is 0.0696. The quantitative estimate of drug-likeness (QED) is 0.749. The summed E-state index contributed by atoms with van der Waals surface area (Å²) in [6.45, 7) is 0.552. The number of hydrogen-bond acceptors (Lipinski definition) is 3. The first kappa shape index (κ1) is 15.3. The molecule has 1 aromatic carbocycles. The van der Waals surface area contributed by atoms with Gasteiger partial charge in [0.15, 0.2) is 0 Å². The van der Waals surface area contributed by atoms with E-state index < -0.39 is 5.97 Å². The lowest BCUT2D eigenvalue weighted by atomic mass is 9.91. The molecule has 114 valence electrons. The molecule has 0 atom stereocenters. The van der Waals surface area contributed by atoms with Crippen molar-refractivity contribution in [2.24, 2.45) is 0 Å². The van der Waals surface area contributed by atoms with Gasteiger partial charge in [0.05, 0.1) is 5.56 Å². The third-order valence-electron chi connectivity index (χ3n) is 3.69. The zero-order valence-electron chi connectivity index (χ0n) is 11.8. The number of urea groups is 1. The first-order chi connectivity index (χ1) is 10.1. The number of carbonyl (C=O) groups excluding carboxylic acids is 1. The molecule has 1 aliphatic rings. The highest BCUT2D eigenvalue weighted by atomic mass is 16.4. The molecule has 1 saturated carbocycles. The van der Waals surface area contributed by atoms with E-state index in [0.717, 1.165) is 19.3 Å². The largest absolute Gasteiger partial charge is 0.478 e. The molecule has 0 aliphatic heterocycles. The highest BCUT2D eigenvalue weighted by Crippen LogP contribution is 2.25. The van der Waals surface area contributed by atoms with Crippen LogP contribution in [0.25, 0.3) is 0 Å². The van der Waals surface area contributed by atoms with Gasteiger partial charge in [0.1, 0.15) is 0 Å². The molecule has 2 rings (SSSR count). The number of aromatic carboxylic acids is 1. The summed E-state index contributed by atoms with van der Waals surface area (Å²) in [7, 11) is 0. The van der Waals surface area contributed by atoms with E-state index in [4.69, 9.17) is 10.2 Å². The lowest BCUT2D eigenvalue weighted by Gasteiger charge is -2.37. The Morgan fingerprint density at radius 1 is 1.33 bits per heavy atom. The number of aliphatic hydroxyl groups is 1. The number of carbonyl (C=O) groups is 2. The second-order valence-electron chi connectivity index (χ2n) is 5.17. The molecule has 6 nitrogen and oxygen atoms in total. The third-order valence-corrected chi connectivity index (χ3v) is 3.69. The highest BCUT2D eigenvalue weighted by molar-refractivity contribution is 5.93. The van der Waals surface area contributed by atoms with Crippen LogP contribution >= 0.6 is 0 Å². The highest BCUT2D eigenvalue weighted by Gasteiger charge is 2.28. The van der Waals surface area contributed by atoms with Gasteiger partial charge in [0.2, 0.25) is 0 Å². The van der Waals surface area contributed by atoms with E-state index in [1.54, 1.807) is 17.0 Å². The van der Waals surface area contributed by atoms with Gasteiger partial charge < -0.3 is 20.4 Å². The molecule has 2 amide bonds. The zero-order valence-corrected chi connectivity index (χ0v) is 11.8. The first-order valence-corrected chi connectivity index (χ1v) is 7.13. The van der Waals surface area contributed by atoms with Crippen LogP contribution in [0.15, 0.2) is 24.3 Å². The van der Waals surface area contributed by atoms with Crippen LogP contribution in [0.2, 0.25) is 0 Å². The van der Waals surface area contributed by atoms with Gasteiger partial charge in [-0.3, -0.25) is 0 Å². The predicted octanol–water partition coefficient (Wildman–Crippen LogP) is 2.15. The Morgan fingerprint density at radius 3 is 2.67 bits per heavy atom. The molecule has 0 spiro atoms. The van der Waals surface area contributed by atoms with Crippen LogP contribution in [0.4, 0.5) is 10.5 Å². The smallest absolute Gasteiger partial charge is 0.335 e. The van der Waals surface area contributed by atoms with Crippen molar-refractivity contribution in [3.05, 3.63) is 29.8 Å². The molecule has 6 heteroatoms. The fraction of sp³-hybridized carbons (Fsp3) is 0.467. The standard InChI is InChI=1S/C15H20N2O4/c18-9-3-8-17(13-6-2-7-13)15(21)16-12-5-1-4-11(10-12)14(19)20/h1,4-5,10,13,18H,2-3,6-9H2,(H,16,21)(H,19,20). The Labute approximate surface area is 123 Å². The number of nitrogens with one attached hydrogen (secondary N) is 1. The summed E-state index contributed by atoms with van der Waals surface area (Å²) >= 11 is 0. The average molecular weight is 292 g/mol. The Hall–Kier alpha value is -2.08. The fourth-order valence-electron chi connectivity index (χ4n) is 2.31. The van der Waals surface area contributed by atoms with Gasteiger partial charge in [0, 0.05) is 24.9 Å². The maximum atomic E-state index is 12.3. The van der Waals surface area contributed by atoms with Crippen molar-refractivity contribution in [3.63, 3.8) is 0 Å². The number of anilines is 1. The minimum atomic E-state index is -1.03. The van der Waals surface area contributed by atoms with Crippen molar-refractivity contribution < 1.29 is 19.8 Å². The lowest BCUT2D eigenvalue weighted by Crippen LogP contribution is -2.47. The first-order valence-electron chi connectivity index (χ1n) is 7.13. The molecule has 0 aromatic heterocycles. The summed E-state index contributed by atoms with van der Waals surface area (Å²) in [6.07, 6.45) is 3.61. The number of aliphatic hydroxyl groups excluding tert-OH is 1. The van der Waals surface area contributed by atoms with Gasteiger partial charge in [-0.1, -0.05) is 6.07 Å². The second-order valence-corrected chi connectivity index (χ2v) is 5.17. The Balaban J connectivity index is 2.03. The molecule has 0 unspecified atom stereocenters. The van der Waals surface area contributed by atoms with Gasteiger partial charge >= 0.3 is 12.0 Å². The van der Waals surface area contributed by atoms with Crippen LogP contribution in [0.3, 0.4) is 0 Å². The SMILES string of the molecule is O=C(O)c1cccc(NC(=O)N(CCCO)C2CCC2)c1. The number of amides is 2. The summed E-state index contributed by atoms with van der Waals surface area (Å²) in [5.41, 5.74) is 0.603. The average Bonchev–Trinajstić information content (AvgIpc) is 2.41. The molecule has 0 radical (unpaired) electrons. The molecule has 0 bridgehead atoms. The second kappa shape index (κ2) is 7.08. The monoisotopic (exact) mass is 292 g/mol. The molecule has 1 fully saturated rings. The van der Waals surface area contributed by atoms with Crippen molar-refractivity contribution in [2.75, 3.05) is 18.5 Å². The molecule has 3 N–H and O–H groups in total. The van der Waals surface area contributed by atoms with Crippen molar-refractivity contribution in [1.82, 2.24) is 4.90 Å². The maximum Gasteiger partial charge on any atom is 0.335 e. The van der Waals surface area contributed by atoms with Gasteiger partial charge in [-0.2, -0.15) is 0 Å². The number of nitrogens with zero attached hydrogens (tertiary/aromatic N) is 1. The number of benzene rings is 1. The molecular weight excluding hydrogens is 272 g/mol. The number of carboxylic acids is 1. The van der Waals surface area contributed by atoms with Gasteiger partial charge in [0.25, 0.3) is 0 Å². The van der Waals surface area contributed by atoms with E-state index in [0.29, 0.717) is 18.7 Å². The maximum absolute atomic E-state index is 12.3. The Kier molecular flexibility index (Phi) is 5.16. The summed E-state index contributed by atoms with van der Waals surface area (Å²) in [5.74, 6) is -1.03. The van der Waals surface area contributed by atoms with E-state index in [-0.39, 0.29) is 24.2 Å². The van der Waals surface area contributed by atoms with Gasteiger partial charge in [-0.05, 0) is 43.9 Å². The molecule has 21 heavy (non-hydrogen) atoms. The minimum absolute atomic E-state index is 0.0466. The van der Waals surface area contributed by atoms with Crippen LogP contribution in [0.5, 0.6) is 0 Å². The molecular formula is C15H20N2O4. The normalized spacial score (nSPS) is 14.3. The van der Waals surface area contributed by atoms with E-state index >= 15 is 0 Å². The molecule has 0 heterocycles. The van der Waals surface area contributed by atoms with E-state index in [2.05, 4.69) is 5.32 Å². The van der Waals surface area contributed by atoms with Gasteiger partial charge in [-0.15, -0.1) is 0 Å². The third kappa shape index (κ3) is 3.95. The topological polar surface area (TPSA) is 89.9 Å². The number of carboxylic acid groups (broad SMARTS) is 1. The van der Waals surface area contributed by atoms with Crippen LogP contribution in [0.1, 0.15) is 36.0 Å². The van der Waals surface area contributed by atoms with Crippen LogP contribution in [-0.4, -0.2) is 46.3 Å². The van der Waals surface area contributed by atoms with Crippen molar-refractivity contribution in [1.29, 1.82) is 0 Å². The number of hydrogen-bond donors (Lipinski definition) is 3. The molecule has 0 saturated heterocycles. The Bertz CT molecular complexity index is 514. The van der Waals surface area contributed by atoms with Crippen LogP contribution in [0, 0.1) is 0 Å². The van der Waals surface area contributed by atoms with Crippen molar-refractivity contribution >= 4 is 17.7 Å². The van der Waals surface area contributed by atoms with E-state index in [1.165, 1.54) is 12.1 Å². The van der Waals surface area contributed by atoms with Gasteiger partial charge in [-0.25, -0.2) is 9.59 Å². The van der Waals surface area contributed by atoms with Crippen molar-refractivity contribution in [2.45, 2.75) is 31.7 Å². The zero-order chi connectivity index (χ0) is 15.2. The predicted molar refractivity (Wildman–Crippen MR) is 78.5 cm³/mol. The summed E-state index contributed by atoms with van der Waals surface area (Å²) < 4.78 is 0. The van der Waals surface area contributed by atoms with E-state index in [1.807, 2.05) is 0 Å². The van der Waals surface area contributed by atoms with Crippen LogP contribution < -0.4 is 5.32 Å². The molecule has 1 aliphatic carbocycles. The Morgan fingerprint density at radius 2 is 2.10 bits per heavy atom. The van der Waals surface area contributed by atoms with Crippen molar-refractivity contribution in [3.8, 4) is 0 Å². The van der Waals surface area contributed by atoms with Crippen LogP contribution in [-0.2, 0) is 0 Å². The minimum Gasteiger partial charge on any atom is -0.478 e. The fourth-order valence-corrected chi connectivity index (χ4v) is 2.31. The summed E-state index contributed by atoms with van der Waals surface area (Å²) in [6, 6.07) is 6.16. The summed E-state index contributed by atoms with van der Waals surface area (Å²) in [5, 5.41) is 20.6. The molecule has 1 aromatic rings. The summed E-state index contributed by atoms with van der Waals surface area (Å²) in [4.78, 5) is 25.0. The van der Waals surface area contributed by atoms with E-state index in [9.17, 15) is 9.59 Å².